The van der Waals surface area contributed by atoms with Gasteiger partial charge in [0.25, 0.3) is 5.91 Å². The first-order valence-electron chi connectivity index (χ1n) is 8.33. The zero-order valence-corrected chi connectivity index (χ0v) is 13.0. The van der Waals surface area contributed by atoms with Crippen molar-refractivity contribution in [2.24, 2.45) is 0 Å². The van der Waals surface area contributed by atoms with Gasteiger partial charge in [-0.15, -0.1) is 0 Å². The fraction of sp³-hybridized carbons (Fsp3) is 0.529. The number of carbonyl (C=O) groups is 1. The van der Waals surface area contributed by atoms with Gasteiger partial charge in [-0.1, -0.05) is 5.16 Å². The summed E-state index contributed by atoms with van der Waals surface area (Å²) in [6.45, 7) is 2.59. The zero-order valence-electron chi connectivity index (χ0n) is 13.0. The number of hydrogen-bond donors (Lipinski definition) is 1. The Labute approximate surface area is 134 Å². The first-order chi connectivity index (χ1) is 11.3. The van der Waals surface area contributed by atoms with Gasteiger partial charge in [-0.2, -0.15) is 0 Å². The fourth-order valence-electron chi connectivity index (χ4n) is 3.18. The summed E-state index contributed by atoms with van der Waals surface area (Å²) in [4.78, 5) is 14.7. The summed E-state index contributed by atoms with van der Waals surface area (Å²) in [7, 11) is 0. The van der Waals surface area contributed by atoms with Crippen molar-refractivity contribution < 1.29 is 13.7 Å². The molecule has 1 amide bonds. The predicted molar refractivity (Wildman–Crippen MR) is 83.1 cm³/mol. The van der Waals surface area contributed by atoms with Crippen molar-refractivity contribution in [2.45, 2.75) is 37.6 Å². The Balaban J connectivity index is 1.41. The summed E-state index contributed by atoms with van der Waals surface area (Å²) in [5.74, 6) is 2.00. The highest BCUT2D eigenvalue weighted by atomic mass is 16.5. The molecule has 2 aromatic rings. The number of aromatic nitrogens is 1. The number of likely N-dealkylation sites (tertiary alicyclic amines) is 1. The Hall–Kier alpha value is -2.08. The minimum absolute atomic E-state index is 0.0752. The third-order valence-electron chi connectivity index (χ3n) is 4.65. The molecular weight excluding hydrogens is 294 g/mol. The first-order valence-corrected chi connectivity index (χ1v) is 8.33. The van der Waals surface area contributed by atoms with Gasteiger partial charge in [-0.25, -0.2) is 0 Å². The van der Waals surface area contributed by atoms with E-state index in [1.165, 1.54) is 12.8 Å². The van der Waals surface area contributed by atoms with E-state index in [0.717, 1.165) is 37.5 Å². The van der Waals surface area contributed by atoms with E-state index < -0.39 is 0 Å². The second-order valence-electron chi connectivity index (χ2n) is 6.37. The van der Waals surface area contributed by atoms with Crippen LogP contribution >= 0.6 is 0 Å². The van der Waals surface area contributed by atoms with Gasteiger partial charge < -0.3 is 14.3 Å². The molecule has 0 bridgehead atoms. The number of rotatable bonds is 6. The summed E-state index contributed by atoms with van der Waals surface area (Å²) < 4.78 is 10.8. The number of nitrogens with one attached hydrogen (secondary N) is 1. The van der Waals surface area contributed by atoms with Crippen molar-refractivity contribution in [2.75, 3.05) is 19.6 Å². The molecule has 2 fully saturated rings. The van der Waals surface area contributed by atoms with Crippen LogP contribution in [0.25, 0.3) is 0 Å². The van der Waals surface area contributed by atoms with Crippen LogP contribution in [0, 0.1) is 0 Å². The molecule has 0 unspecified atom stereocenters. The Morgan fingerprint density at radius 2 is 2.22 bits per heavy atom. The van der Waals surface area contributed by atoms with Crippen molar-refractivity contribution in [3.8, 4) is 0 Å². The number of amides is 1. The van der Waals surface area contributed by atoms with E-state index in [1.54, 1.807) is 12.3 Å². The summed E-state index contributed by atoms with van der Waals surface area (Å²) >= 11 is 0. The average Bonchev–Trinajstić information content (AvgIpc) is 3.06. The summed E-state index contributed by atoms with van der Waals surface area (Å²) in [5.41, 5.74) is 0.367. The normalized spacial score (nSPS) is 19.8. The van der Waals surface area contributed by atoms with Crippen LogP contribution in [0.4, 0.5) is 0 Å². The number of carbonyl (C=O) groups excluding carboxylic acids is 1. The molecule has 1 saturated heterocycles. The van der Waals surface area contributed by atoms with Gasteiger partial charge in [0.15, 0.2) is 5.69 Å². The molecule has 1 aliphatic carbocycles. The van der Waals surface area contributed by atoms with Crippen molar-refractivity contribution in [1.82, 2.24) is 15.4 Å². The maximum Gasteiger partial charge on any atom is 0.273 e. The van der Waals surface area contributed by atoms with E-state index in [1.807, 2.05) is 12.1 Å². The van der Waals surface area contributed by atoms with Crippen LogP contribution in [0.5, 0.6) is 0 Å². The van der Waals surface area contributed by atoms with Crippen molar-refractivity contribution in [1.29, 1.82) is 0 Å². The average molecular weight is 315 g/mol. The van der Waals surface area contributed by atoms with Crippen LogP contribution in [0.3, 0.4) is 0 Å². The van der Waals surface area contributed by atoms with Gasteiger partial charge in [-0.3, -0.25) is 9.69 Å². The Bertz CT molecular complexity index is 654. The molecule has 122 valence electrons. The summed E-state index contributed by atoms with van der Waals surface area (Å²) in [6, 6.07) is 5.70. The van der Waals surface area contributed by atoms with Crippen LogP contribution in [0.1, 0.15) is 59.7 Å². The van der Waals surface area contributed by atoms with Crippen LogP contribution < -0.4 is 5.32 Å². The highest BCUT2D eigenvalue weighted by molar-refractivity contribution is 5.92. The van der Waals surface area contributed by atoms with Crippen LogP contribution in [-0.4, -0.2) is 35.6 Å². The van der Waals surface area contributed by atoms with Gasteiger partial charge in [0.2, 0.25) is 0 Å². The smallest absolute Gasteiger partial charge is 0.273 e. The molecule has 23 heavy (non-hydrogen) atoms. The van der Waals surface area contributed by atoms with Gasteiger partial charge in [-0.05, 0) is 50.9 Å². The molecule has 1 aliphatic heterocycles. The third kappa shape index (κ3) is 3.17. The van der Waals surface area contributed by atoms with E-state index in [0.29, 0.717) is 18.2 Å². The standard InChI is InChI=1S/C17H21N3O3/c21-17(13-10-16(23-19-13)12-5-6-12)18-11-14(15-4-3-9-22-15)20-7-1-2-8-20/h3-4,9-10,12,14H,1-2,5-8,11H2,(H,18,21)/t14-/m1/s1. The van der Waals surface area contributed by atoms with E-state index in [2.05, 4.69) is 15.4 Å². The van der Waals surface area contributed by atoms with Gasteiger partial charge in [0, 0.05) is 18.5 Å². The minimum atomic E-state index is -0.184. The molecule has 6 nitrogen and oxygen atoms in total. The van der Waals surface area contributed by atoms with Crippen molar-refractivity contribution in [3.63, 3.8) is 0 Å². The lowest BCUT2D eigenvalue weighted by atomic mass is 10.2. The van der Waals surface area contributed by atoms with Crippen molar-refractivity contribution in [3.05, 3.63) is 41.7 Å². The fourth-order valence-corrected chi connectivity index (χ4v) is 3.18. The highest BCUT2D eigenvalue weighted by Crippen LogP contribution is 2.40. The molecule has 3 heterocycles. The maximum absolute atomic E-state index is 12.3. The Kier molecular flexibility index (Phi) is 3.91. The minimum Gasteiger partial charge on any atom is -0.468 e. The van der Waals surface area contributed by atoms with E-state index in [-0.39, 0.29) is 11.9 Å². The molecule has 0 spiro atoms. The lowest BCUT2D eigenvalue weighted by Gasteiger charge is -2.25. The van der Waals surface area contributed by atoms with Gasteiger partial charge in [0.1, 0.15) is 11.5 Å². The second kappa shape index (κ2) is 6.20. The highest BCUT2D eigenvalue weighted by Gasteiger charge is 2.30. The molecule has 4 rings (SSSR count). The van der Waals surface area contributed by atoms with Crippen LogP contribution in [-0.2, 0) is 0 Å². The predicted octanol–water partition coefficient (Wildman–Crippen LogP) is 2.71. The SMILES string of the molecule is O=C(NC[C@H](c1ccco1)N1CCCC1)c1cc(C2CC2)on1. The largest absolute Gasteiger partial charge is 0.468 e. The van der Waals surface area contributed by atoms with E-state index in [4.69, 9.17) is 8.94 Å². The van der Waals surface area contributed by atoms with E-state index >= 15 is 0 Å². The molecular formula is C17H21N3O3. The lowest BCUT2D eigenvalue weighted by Crippen LogP contribution is -2.36. The van der Waals surface area contributed by atoms with Crippen LogP contribution in [0.2, 0.25) is 0 Å². The quantitative estimate of drug-likeness (QED) is 0.887. The Morgan fingerprint density at radius 3 is 2.91 bits per heavy atom. The maximum atomic E-state index is 12.3. The lowest BCUT2D eigenvalue weighted by molar-refractivity contribution is 0.0924. The molecule has 1 atom stereocenters. The van der Waals surface area contributed by atoms with Crippen LogP contribution in [0.15, 0.2) is 33.4 Å². The van der Waals surface area contributed by atoms with Crippen molar-refractivity contribution >= 4 is 5.91 Å². The molecule has 1 saturated carbocycles. The summed E-state index contributed by atoms with van der Waals surface area (Å²) in [6.07, 6.45) is 6.33. The number of furan rings is 1. The molecule has 1 N–H and O–H groups in total. The second-order valence-corrected chi connectivity index (χ2v) is 6.37. The third-order valence-corrected chi connectivity index (χ3v) is 4.65. The molecule has 0 radical (unpaired) electrons. The topological polar surface area (TPSA) is 71.5 Å². The first kappa shape index (κ1) is 14.5. The Morgan fingerprint density at radius 1 is 1.39 bits per heavy atom. The molecule has 0 aromatic carbocycles. The van der Waals surface area contributed by atoms with Gasteiger partial charge >= 0.3 is 0 Å². The molecule has 2 aliphatic rings. The number of nitrogens with zero attached hydrogens (tertiary/aromatic N) is 2. The zero-order chi connectivity index (χ0) is 15.6. The van der Waals surface area contributed by atoms with Gasteiger partial charge in [0.05, 0.1) is 12.3 Å². The molecule has 6 heteroatoms. The monoisotopic (exact) mass is 315 g/mol. The molecule has 2 aromatic heterocycles. The number of hydrogen-bond acceptors (Lipinski definition) is 5. The van der Waals surface area contributed by atoms with E-state index in [9.17, 15) is 4.79 Å². The summed E-state index contributed by atoms with van der Waals surface area (Å²) in [5, 5.41) is 6.87.